The molecule has 17 heteroatoms. The molecule has 0 radical (unpaired) electrons. The molecule has 1 aromatic carbocycles. The fourth-order valence-corrected chi connectivity index (χ4v) is 4.44. The molecule has 2 aliphatic heterocycles. The lowest BCUT2D eigenvalue weighted by atomic mass is 10.0. The minimum Gasteiger partial charge on any atom is -0.483 e. The first-order valence-electron chi connectivity index (χ1n) is 13.5. The first-order valence-corrected chi connectivity index (χ1v) is 15.3. The molecule has 0 spiro atoms. The van der Waals surface area contributed by atoms with Gasteiger partial charge in [-0.1, -0.05) is 6.07 Å². The van der Waals surface area contributed by atoms with Crippen molar-refractivity contribution in [3.8, 4) is 5.75 Å². The summed E-state index contributed by atoms with van der Waals surface area (Å²) in [7, 11) is -3.47. The molecule has 1 atom stereocenters. The quantitative estimate of drug-likeness (QED) is 0.0972. The van der Waals surface area contributed by atoms with Crippen molar-refractivity contribution < 1.29 is 60.3 Å². The van der Waals surface area contributed by atoms with Gasteiger partial charge in [-0.25, -0.2) is 0 Å². The maximum atomic E-state index is 13.1. The Morgan fingerprint density at radius 1 is 0.907 bits per heavy atom. The van der Waals surface area contributed by atoms with Crippen molar-refractivity contribution in [2.45, 2.75) is 18.9 Å². The molecule has 5 amide bonds. The molecule has 2 N–H and O–H groups in total. The van der Waals surface area contributed by atoms with Gasteiger partial charge in [0.25, 0.3) is 27.8 Å². The monoisotopic (exact) mass is 629 g/mol. The van der Waals surface area contributed by atoms with E-state index >= 15 is 0 Å². The summed E-state index contributed by atoms with van der Waals surface area (Å²) in [6.07, 6.45) is 1.00. The van der Waals surface area contributed by atoms with Gasteiger partial charge in [0.2, 0.25) is 11.8 Å². The third-order valence-electron chi connectivity index (χ3n) is 6.00. The molecule has 1 saturated heterocycles. The van der Waals surface area contributed by atoms with E-state index in [0.29, 0.717) is 39.6 Å². The summed E-state index contributed by atoms with van der Waals surface area (Å²) < 4.78 is 52.8. The highest BCUT2D eigenvalue weighted by atomic mass is 32.2. The van der Waals surface area contributed by atoms with Crippen LogP contribution >= 0.6 is 0 Å². The Morgan fingerprint density at radius 3 is 2.12 bits per heavy atom. The zero-order valence-corrected chi connectivity index (χ0v) is 24.5. The maximum Gasteiger partial charge on any atom is 0.266 e. The van der Waals surface area contributed by atoms with Crippen LogP contribution in [0.1, 0.15) is 33.6 Å². The fourth-order valence-electron chi connectivity index (χ4n) is 4.07. The Balaban J connectivity index is 1.23. The molecule has 0 saturated carbocycles. The van der Waals surface area contributed by atoms with Crippen LogP contribution in [0, 0.1) is 0 Å². The SMILES string of the molecule is CS(=O)(=O)OCCOCCOCCOCCOCCNC(=O)COc1cccc2c1C(=O)N(C1CCC(=O)NC1=O)C2=O. The van der Waals surface area contributed by atoms with Gasteiger partial charge >= 0.3 is 0 Å². The van der Waals surface area contributed by atoms with Crippen LogP contribution in [0.5, 0.6) is 5.75 Å². The highest BCUT2D eigenvalue weighted by Crippen LogP contribution is 2.33. The fraction of sp³-hybridized carbons (Fsp3) is 0.577. The minimum atomic E-state index is -3.47. The number of carbonyl (C=O) groups is 5. The van der Waals surface area contributed by atoms with Crippen molar-refractivity contribution in [2.75, 3.05) is 78.9 Å². The number of nitrogens with one attached hydrogen (secondary N) is 2. The maximum absolute atomic E-state index is 13.1. The van der Waals surface area contributed by atoms with E-state index in [2.05, 4.69) is 14.8 Å². The van der Waals surface area contributed by atoms with Crippen LogP contribution in [-0.2, 0) is 47.6 Å². The Hall–Kier alpha value is -3.48. The third kappa shape index (κ3) is 10.9. The third-order valence-corrected chi connectivity index (χ3v) is 6.59. The predicted octanol–water partition coefficient (Wildman–Crippen LogP) is -1.37. The van der Waals surface area contributed by atoms with Crippen LogP contribution in [0.25, 0.3) is 0 Å². The summed E-state index contributed by atoms with van der Waals surface area (Å²) in [4.78, 5) is 62.6. The zero-order valence-electron chi connectivity index (χ0n) is 23.7. The average molecular weight is 630 g/mol. The van der Waals surface area contributed by atoms with Crippen LogP contribution in [0.15, 0.2) is 18.2 Å². The summed E-state index contributed by atoms with van der Waals surface area (Å²) in [6.45, 7) is 2.03. The van der Waals surface area contributed by atoms with E-state index < -0.39 is 52.3 Å². The normalized spacial score (nSPS) is 16.8. The molecule has 16 nitrogen and oxygen atoms in total. The van der Waals surface area contributed by atoms with Crippen LogP contribution in [0.2, 0.25) is 0 Å². The van der Waals surface area contributed by atoms with Gasteiger partial charge < -0.3 is 29.0 Å². The van der Waals surface area contributed by atoms with Gasteiger partial charge in [-0.3, -0.25) is 38.4 Å². The first-order chi connectivity index (χ1) is 20.6. The van der Waals surface area contributed by atoms with Crippen LogP contribution in [-0.4, -0.2) is 128 Å². The lowest BCUT2D eigenvalue weighted by Gasteiger charge is -2.27. The van der Waals surface area contributed by atoms with Crippen LogP contribution in [0.3, 0.4) is 0 Å². The van der Waals surface area contributed by atoms with Gasteiger partial charge in [0.15, 0.2) is 6.61 Å². The van der Waals surface area contributed by atoms with E-state index in [9.17, 15) is 32.4 Å². The summed E-state index contributed by atoms with van der Waals surface area (Å²) in [5.41, 5.74) is 0.0161. The highest BCUT2D eigenvalue weighted by molar-refractivity contribution is 7.85. The molecule has 1 aromatic rings. The standard InChI is InChI=1S/C26H35N3O13S/c1-43(35,36)42-16-15-40-14-13-39-12-11-38-10-9-37-8-7-27-22(31)17-41-20-4-2-3-18-23(20)26(34)29(25(18)33)19-5-6-21(30)28-24(19)32/h2-4,19H,5-17H2,1H3,(H,27,31)(H,28,30,32). The molecule has 0 bridgehead atoms. The Kier molecular flexibility index (Phi) is 13.4. The molecule has 1 fully saturated rings. The minimum absolute atomic E-state index is 0.00622. The number of ether oxygens (including phenoxy) is 5. The zero-order chi connectivity index (χ0) is 31.2. The number of piperidine rings is 1. The molecule has 1 unspecified atom stereocenters. The number of amides is 5. The van der Waals surface area contributed by atoms with Crippen molar-refractivity contribution in [3.05, 3.63) is 29.3 Å². The van der Waals surface area contributed by atoms with Gasteiger partial charge in [0.05, 0.1) is 76.8 Å². The second-order valence-corrected chi connectivity index (χ2v) is 10.9. The summed E-state index contributed by atoms with van der Waals surface area (Å²) in [5.74, 6) is -3.02. The molecule has 238 valence electrons. The summed E-state index contributed by atoms with van der Waals surface area (Å²) >= 11 is 0. The molecule has 2 aliphatic rings. The topological polar surface area (TPSA) is 202 Å². The smallest absolute Gasteiger partial charge is 0.266 e. The molecule has 0 aliphatic carbocycles. The van der Waals surface area contributed by atoms with E-state index in [1.165, 1.54) is 18.2 Å². The number of nitrogens with zero attached hydrogens (tertiary/aromatic N) is 1. The van der Waals surface area contributed by atoms with E-state index in [1.54, 1.807) is 0 Å². The van der Waals surface area contributed by atoms with E-state index in [4.69, 9.17) is 23.7 Å². The first kappa shape index (κ1) is 34.0. The Morgan fingerprint density at radius 2 is 1.51 bits per heavy atom. The Labute approximate surface area is 248 Å². The number of benzene rings is 1. The number of hydrogen-bond acceptors (Lipinski definition) is 13. The summed E-state index contributed by atoms with van der Waals surface area (Å²) in [5, 5.41) is 4.75. The highest BCUT2D eigenvalue weighted by Gasteiger charge is 2.46. The van der Waals surface area contributed by atoms with Crippen molar-refractivity contribution in [3.63, 3.8) is 0 Å². The van der Waals surface area contributed by atoms with E-state index in [1.807, 2.05) is 0 Å². The van der Waals surface area contributed by atoms with Crippen LogP contribution in [0.4, 0.5) is 0 Å². The van der Waals surface area contributed by atoms with Crippen molar-refractivity contribution in [1.29, 1.82) is 0 Å². The molecular weight excluding hydrogens is 594 g/mol. The predicted molar refractivity (Wildman–Crippen MR) is 146 cm³/mol. The lowest BCUT2D eigenvalue weighted by molar-refractivity contribution is -0.136. The van der Waals surface area contributed by atoms with Gasteiger partial charge in [-0.15, -0.1) is 0 Å². The number of rotatable bonds is 20. The summed E-state index contributed by atoms with van der Waals surface area (Å²) in [6, 6.07) is 3.29. The second-order valence-electron chi connectivity index (χ2n) is 9.24. The molecule has 43 heavy (non-hydrogen) atoms. The van der Waals surface area contributed by atoms with Gasteiger partial charge in [-0.2, -0.15) is 8.42 Å². The van der Waals surface area contributed by atoms with Crippen molar-refractivity contribution in [1.82, 2.24) is 15.5 Å². The van der Waals surface area contributed by atoms with Crippen molar-refractivity contribution in [2.24, 2.45) is 0 Å². The largest absolute Gasteiger partial charge is 0.483 e. The Bertz CT molecular complexity index is 1270. The van der Waals surface area contributed by atoms with E-state index in [0.717, 1.165) is 11.2 Å². The number of carbonyl (C=O) groups excluding carboxylic acids is 5. The number of hydrogen-bond donors (Lipinski definition) is 2. The number of fused-ring (bicyclic) bond motifs is 1. The van der Waals surface area contributed by atoms with Crippen LogP contribution < -0.4 is 15.4 Å². The molecular formula is C26H35N3O13S. The van der Waals surface area contributed by atoms with Crippen molar-refractivity contribution >= 4 is 39.7 Å². The second kappa shape index (κ2) is 17.0. The average Bonchev–Trinajstić information content (AvgIpc) is 3.21. The van der Waals surface area contributed by atoms with E-state index in [-0.39, 0.29) is 56.1 Å². The van der Waals surface area contributed by atoms with Gasteiger partial charge in [0, 0.05) is 13.0 Å². The molecule has 3 rings (SSSR count). The number of imide groups is 2. The van der Waals surface area contributed by atoms with Gasteiger partial charge in [-0.05, 0) is 18.6 Å². The van der Waals surface area contributed by atoms with Gasteiger partial charge in [0.1, 0.15) is 11.8 Å². The lowest BCUT2D eigenvalue weighted by Crippen LogP contribution is -2.54. The molecule has 2 heterocycles. The molecule has 0 aromatic heterocycles.